The van der Waals surface area contributed by atoms with E-state index in [2.05, 4.69) is 28.4 Å². The summed E-state index contributed by atoms with van der Waals surface area (Å²) >= 11 is 1.71. The summed E-state index contributed by atoms with van der Waals surface area (Å²) in [5.41, 5.74) is 2.18. The van der Waals surface area contributed by atoms with E-state index in [0.29, 0.717) is 0 Å². The number of nitrogens with zero attached hydrogens (tertiary/aromatic N) is 2. The number of piperidine rings is 1. The van der Waals surface area contributed by atoms with E-state index in [1.807, 2.05) is 43.3 Å². The number of thiazole rings is 1. The van der Waals surface area contributed by atoms with Crippen LogP contribution < -0.4 is 10.2 Å². The molecule has 2 atom stereocenters. The normalized spacial score (nSPS) is 18.7. The minimum absolute atomic E-state index is 0.0157. The molecule has 0 spiro atoms. The minimum Gasteiger partial charge on any atom is -0.349 e. The Morgan fingerprint density at radius 2 is 1.96 bits per heavy atom. The van der Waals surface area contributed by atoms with Crippen molar-refractivity contribution in [3.8, 4) is 0 Å². The molecule has 26 heavy (non-hydrogen) atoms. The van der Waals surface area contributed by atoms with E-state index < -0.39 is 0 Å². The zero-order valence-corrected chi connectivity index (χ0v) is 15.7. The van der Waals surface area contributed by atoms with Crippen LogP contribution in [-0.2, 0) is 4.79 Å². The van der Waals surface area contributed by atoms with Gasteiger partial charge in [-0.2, -0.15) is 0 Å². The molecule has 0 radical (unpaired) electrons. The molecule has 1 saturated heterocycles. The summed E-state index contributed by atoms with van der Waals surface area (Å²) in [6.45, 7) is 3.76. The fourth-order valence-electron chi connectivity index (χ4n) is 3.52. The van der Waals surface area contributed by atoms with Crippen molar-refractivity contribution in [2.75, 3.05) is 18.0 Å². The number of benzene rings is 2. The first-order valence-electron chi connectivity index (χ1n) is 9.16. The van der Waals surface area contributed by atoms with Gasteiger partial charge in [-0.25, -0.2) is 4.98 Å². The van der Waals surface area contributed by atoms with Gasteiger partial charge < -0.3 is 10.2 Å². The molecule has 1 aromatic heterocycles. The standard InChI is InChI=1S/C21H23N3OS/c1-15(16-8-3-2-4-9-16)22-20(25)17-10-7-13-24(14-17)21-23-18-11-5-6-12-19(18)26-21/h2-6,8-9,11-12,15,17H,7,10,13-14H2,1H3,(H,22,25). The van der Waals surface area contributed by atoms with Crippen LogP contribution in [0.3, 0.4) is 0 Å². The predicted octanol–water partition coefficient (Wildman–Crippen LogP) is 4.39. The molecule has 0 bridgehead atoms. The van der Waals surface area contributed by atoms with E-state index in [1.165, 1.54) is 4.70 Å². The molecule has 1 amide bonds. The highest BCUT2D eigenvalue weighted by molar-refractivity contribution is 7.22. The van der Waals surface area contributed by atoms with Crippen LogP contribution in [0.1, 0.15) is 31.4 Å². The van der Waals surface area contributed by atoms with Crippen molar-refractivity contribution in [3.05, 3.63) is 60.2 Å². The molecule has 1 aliphatic rings. The van der Waals surface area contributed by atoms with Gasteiger partial charge in [0.05, 0.1) is 22.2 Å². The molecule has 1 fully saturated rings. The second kappa shape index (κ2) is 7.46. The number of rotatable bonds is 4. The Balaban J connectivity index is 1.43. The van der Waals surface area contributed by atoms with Crippen molar-refractivity contribution in [1.29, 1.82) is 0 Å². The van der Waals surface area contributed by atoms with Gasteiger partial charge in [0.25, 0.3) is 0 Å². The summed E-state index contributed by atoms with van der Waals surface area (Å²) in [6.07, 6.45) is 1.96. The van der Waals surface area contributed by atoms with Crippen molar-refractivity contribution < 1.29 is 4.79 Å². The maximum absolute atomic E-state index is 12.8. The first-order valence-corrected chi connectivity index (χ1v) is 9.98. The van der Waals surface area contributed by atoms with Gasteiger partial charge in [0.15, 0.2) is 5.13 Å². The van der Waals surface area contributed by atoms with Crippen molar-refractivity contribution >= 4 is 32.6 Å². The number of fused-ring (bicyclic) bond motifs is 1. The molecule has 3 aromatic rings. The molecule has 2 unspecified atom stereocenters. The quantitative estimate of drug-likeness (QED) is 0.746. The summed E-state index contributed by atoms with van der Waals surface area (Å²) in [7, 11) is 0. The van der Waals surface area contributed by atoms with E-state index in [4.69, 9.17) is 4.98 Å². The van der Waals surface area contributed by atoms with Gasteiger partial charge in [0.1, 0.15) is 0 Å². The molecule has 2 heterocycles. The summed E-state index contributed by atoms with van der Waals surface area (Å²) in [4.78, 5) is 19.8. The Labute approximate surface area is 157 Å². The second-order valence-electron chi connectivity index (χ2n) is 6.89. The monoisotopic (exact) mass is 365 g/mol. The molecule has 4 nitrogen and oxygen atoms in total. The van der Waals surface area contributed by atoms with Crippen LogP contribution in [-0.4, -0.2) is 24.0 Å². The zero-order valence-electron chi connectivity index (χ0n) is 14.9. The maximum atomic E-state index is 12.8. The average Bonchev–Trinajstić information content (AvgIpc) is 3.13. The van der Waals surface area contributed by atoms with Crippen LogP contribution in [0, 0.1) is 5.92 Å². The molecular formula is C21H23N3OS. The van der Waals surface area contributed by atoms with E-state index >= 15 is 0 Å². The van der Waals surface area contributed by atoms with Crippen molar-refractivity contribution in [3.63, 3.8) is 0 Å². The van der Waals surface area contributed by atoms with Gasteiger partial charge in [-0.05, 0) is 37.5 Å². The van der Waals surface area contributed by atoms with E-state index in [0.717, 1.165) is 42.1 Å². The Morgan fingerprint density at radius 1 is 1.19 bits per heavy atom. The van der Waals surface area contributed by atoms with Gasteiger partial charge in [-0.3, -0.25) is 4.79 Å². The van der Waals surface area contributed by atoms with Crippen LogP contribution in [0.5, 0.6) is 0 Å². The van der Waals surface area contributed by atoms with Crippen LogP contribution in [0.4, 0.5) is 5.13 Å². The maximum Gasteiger partial charge on any atom is 0.225 e. The number of anilines is 1. The molecule has 4 rings (SSSR count). The van der Waals surface area contributed by atoms with E-state index in [9.17, 15) is 4.79 Å². The summed E-state index contributed by atoms with van der Waals surface area (Å²) in [5.74, 6) is 0.161. The van der Waals surface area contributed by atoms with Crippen molar-refractivity contribution in [2.45, 2.75) is 25.8 Å². The fourth-order valence-corrected chi connectivity index (χ4v) is 4.52. The van der Waals surface area contributed by atoms with E-state index in [-0.39, 0.29) is 17.9 Å². The highest BCUT2D eigenvalue weighted by atomic mass is 32.1. The summed E-state index contributed by atoms with van der Waals surface area (Å²) in [6, 6.07) is 18.4. The Kier molecular flexibility index (Phi) is 4.89. The largest absolute Gasteiger partial charge is 0.349 e. The lowest BCUT2D eigenvalue weighted by molar-refractivity contribution is -0.125. The first kappa shape index (κ1) is 17.0. The lowest BCUT2D eigenvalue weighted by Gasteiger charge is -2.32. The van der Waals surface area contributed by atoms with Gasteiger partial charge in [-0.1, -0.05) is 53.8 Å². The third-order valence-corrected chi connectivity index (χ3v) is 6.10. The molecule has 5 heteroatoms. The number of hydrogen-bond acceptors (Lipinski definition) is 4. The third kappa shape index (κ3) is 3.58. The van der Waals surface area contributed by atoms with Gasteiger partial charge in [-0.15, -0.1) is 0 Å². The summed E-state index contributed by atoms with van der Waals surface area (Å²) in [5, 5.41) is 4.21. The molecule has 0 saturated carbocycles. The molecule has 134 valence electrons. The van der Waals surface area contributed by atoms with Crippen LogP contribution in [0.2, 0.25) is 0 Å². The third-order valence-electron chi connectivity index (χ3n) is 5.00. The highest BCUT2D eigenvalue weighted by Gasteiger charge is 2.28. The number of para-hydroxylation sites is 1. The molecule has 0 aliphatic carbocycles. The first-order chi connectivity index (χ1) is 12.7. The Hall–Kier alpha value is -2.40. The Morgan fingerprint density at radius 3 is 2.77 bits per heavy atom. The zero-order chi connectivity index (χ0) is 17.9. The highest BCUT2D eigenvalue weighted by Crippen LogP contribution is 2.31. The Bertz CT molecular complexity index is 859. The molecule has 1 aliphatic heterocycles. The number of aromatic nitrogens is 1. The van der Waals surface area contributed by atoms with Gasteiger partial charge in [0, 0.05) is 13.1 Å². The molecule has 1 N–H and O–H groups in total. The molecule has 2 aromatic carbocycles. The number of hydrogen-bond donors (Lipinski definition) is 1. The summed E-state index contributed by atoms with van der Waals surface area (Å²) < 4.78 is 1.20. The van der Waals surface area contributed by atoms with Crippen molar-refractivity contribution in [1.82, 2.24) is 10.3 Å². The SMILES string of the molecule is CC(NC(=O)C1CCCN(c2nc3ccccc3s2)C1)c1ccccc1. The van der Waals surface area contributed by atoms with Crippen LogP contribution >= 0.6 is 11.3 Å². The lowest BCUT2D eigenvalue weighted by Crippen LogP contribution is -2.43. The topological polar surface area (TPSA) is 45.2 Å². The number of amides is 1. The number of nitrogens with one attached hydrogen (secondary N) is 1. The predicted molar refractivity (Wildman–Crippen MR) is 108 cm³/mol. The van der Waals surface area contributed by atoms with Crippen molar-refractivity contribution in [2.24, 2.45) is 5.92 Å². The smallest absolute Gasteiger partial charge is 0.225 e. The van der Waals surface area contributed by atoms with Gasteiger partial charge >= 0.3 is 0 Å². The minimum atomic E-state index is 0.0157. The molecular weight excluding hydrogens is 342 g/mol. The van der Waals surface area contributed by atoms with Crippen LogP contribution in [0.15, 0.2) is 54.6 Å². The van der Waals surface area contributed by atoms with Crippen LogP contribution in [0.25, 0.3) is 10.2 Å². The number of carbonyl (C=O) groups excluding carboxylic acids is 1. The number of carbonyl (C=O) groups is 1. The van der Waals surface area contributed by atoms with E-state index in [1.54, 1.807) is 11.3 Å². The lowest BCUT2D eigenvalue weighted by atomic mass is 9.96. The second-order valence-corrected chi connectivity index (χ2v) is 7.90. The average molecular weight is 366 g/mol. The fraction of sp³-hybridized carbons (Fsp3) is 0.333. The van der Waals surface area contributed by atoms with Gasteiger partial charge in [0.2, 0.25) is 5.91 Å².